The average molecular weight is 544 g/mol. The first-order chi connectivity index (χ1) is 17.5. The smallest absolute Gasteiger partial charge is 0.257 e. The SMILES string of the molecule is CCCOc1ccc(C(=O)Nc2ccccc2C(=O)Nc2ccc(Nc3ccccc3)cc2)cc1Br. The van der Waals surface area contributed by atoms with Crippen molar-refractivity contribution in [3.8, 4) is 5.75 Å². The second-order valence-electron chi connectivity index (χ2n) is 8.02. The molecule has 0 aliphatic heterocycles. The van der Waals surface area contributed by atoms with E-state index in [1.807, 2.05) is 61.5 Å². The van der Waals surface area contributed by atoms with E-state index < -0.39 is 0 Å². The molecule has 4 aromatic rings. The Morgan fingerprint density at radius 3 is 2.14 bits per heavy atom. The van der Waals surface area contributed by atoms with Gasteiger partial charge in [0.25, 0.3) is 11.8 Å². The molecular weight excluding hydrogens is 518 g/mol. The lowest BCUT2D eigenvalue weighted by Gasteiger charge is -2.13. The molecule has 0 aliphatic rings. The Bertz CT molecular complexity index is 1340. The van der Waals surface area contributed by atoms with Gasteiger partial charge in [-0.2, -0.15) is 0 Å². The van der Waals surface area contributed by atoms with Crippen molar-refractivity contribution in [1.29, 1.82) is 0 Å². The molecule has 0 saturated carbocycles. The molecule has 4 aromatic carbocycles. The third-order valence-corrected chi connectivity index (χ3v) is 5.90. The van der Waals surface area contributed by atoms with Crippen LogP contribution in [0.1, 0.15) is 34.1 Å². The van der Waals surface area contributed by atoms with Crippen LogP contribution in [0, 0.1) is 0 Å². The molecule has 0 atom stereocenters. The minimum Gasteiger partial charge on any atom is -0.492 e. The highest BCUT2D eigenvalue weighted by molar-refractivity contribution is 9.10. The van der Waals surface area contributed by atoms with Crippen LogP contribution >= 0.6 is 15.9 Å². The number of rotatable bonds is 9. The highest BCUT2D eigenvalue weighted by Gasteiger charge is 2.15. The topological polar surface area (TPSA) is 79.5 Å². The summed E-state index contributed by atoms with van der Waals surface area (Å²) in [4.78, 5) is 25.9. The second-order valence-corrected chi connectivity index (χ2v) is 8.87. The fraction of sp³-hybridized carbons (Fsp3) is 0.103. The molecule has 6 nitrogen and oxygen atoms in total. The number of amides is 2. The number of carbonyl (C=O) groups excluding carboxylic acids is 2. The van der Waals surface area contributed by atoms with E-state index in [2.05, 4.69) is 31.9 Å². The van der Waals surface area contributed by atoms with Gasteiger partial charge in [-0.15, -0.1) is 0 Å². The van der Waals surface area contributed by atoms with E-state index in [9.17, 15) is 9.59 Å². The Kier molecular flexibility index (Phi) is 8.36. The predicted molar refractivity (Wildman–Crippen MR) is 148 cm³/mol. The lowest BCUT2D eigenvalue weighted by molar-refractivity contribution is 0.102. The highest BCUT2D eigenvalue weighted by atomic mass is 79.9. The van der Waals surface area contributed by atoms with Gasteiger partial charge >= 0.3 is 0 Å². The van der Waals surface area contributed by atoms with E-state index in [1.54, 1.807) is 42.5 Å². The molecular formula is C29H26BrN3O3. The van der Waals surface area contributed by atoms with Crippen LogP contribution < -0.4 is 20.7 Å². The zero-order valence-electron chi connectivity index (χ0n) is 19.8. The van der Waals surface area contributed by atoms with Crippen molar-refractivity contribution in [1.82, 2.24) is 0 Å². The van der Waals surface area contributed by atoms with Crippen molar-refractivity contribution < 1.29 is 14.3 Å². The monoisotopic (exact) mass is 543 g/mol. The van der Waals surface area contributed by atoms with E-state index in [1.165, 1.54) is 0 Å². The van der Waals surface area contributed by atoms with Crippen molar-refractivity contribution in [2.45, 2.75) is 13.3 Å². The standard InChI is InChI=1S/C29H26BrN3O3/c1-2-18-36-27-17-12-20(19-25(27)30)28(34)33-26-11-7-6-10-24(26)29(35)32-23-15-13-22(14-16-23)31-21-8-4-3-5-9-21/h3-17,19,31H,2,18H2,1H3,(H,32,35)(H,33,34). The van der Waals surface area contributed by atoms with Crippen molar-refractivity contribution in [2.75, 3.05) is 22.6 Å². The lowest BCUT2D eigenvalue weighted by Crippen LogP contribution is -2.18. The number of anilines is 4. The largest absolute Gasteiger partial charge is 0.492 e. The van der Waals surface area contributed by atoms with Crippen LogP contribution in [0.5, 0.6) is 5.75 Å². The molecule has 0 bridgehead atoms. The van der Waals surface area contributed by atoms with E-state index in [4.69, 9.17) is 4.74 Å². The number of para-hydroxylation sites is 2. The molecule has 0 unspecified atom stereocenters. The third kappa shape index (κ3) is 6.52. The maximum atomic E-state index is 13.0. The molecule has 0 heterocycles. The van der Waals surface area contributed by atoms with Crippen molar-refractivity contribution in [3.63, 3.8) is 0 Å². The molecule has 0 aromatic heterocycles. The molecule has 0 aliphatic carbocycles. The normalized spacial score (nSPS) is 10.4. The molecule has 7 heteroatoms. The maximum absolute atomic E-state index is 13.0. The molecule has 0 saturated heterocycles. The first-order valence-corrected chi connectivity index (χ1v) is 12.4. The molecule has 0 fully saturated rings. The van der Waals surface area contributed by atoms with Crippen LogP contribution in [0.25, 0.3) is 0 Å². The molecule has 4 rings (SSSR count). The van der Waals surface area contributed by atoms with Gasteiger partial charge in [-0.25, -0.2) is 0 Å². The fourth-order valence-electron chi connectivity index (χ4n) is 3.48. The van der Waals surface area contributed by atoms with Crippen LogP contribution in [-0.4, -0.2) is 18.4 Å². The summed E-state index contributed by atoms with van der Waals surface area (Å²) < 4.78 is 6.34. The molecule has 182 valence electrons. The van der Waals surface area contributed by atoms with Crippen LogP contribution in [0.15, 0.2) is 102 Å². The number of hydrogen-bond acceptors (Lipinski definition) is 4. The fourth-order valence-corrected chi connectivity index (χ4v) is 3.97. The minimum atomic E-state index is -0.325. The first-order valence-electron chi connectivity index (χ1n) is 11.6. The van der Waals surface area contributed by atoms with Gasteiger partial charge in [-0.3, -0.25) is 9.59 Å². The average Bonchev–Trinajstić information content (AvgIpc) is 2.90. The van der Waals surface area contributed by atoms with Gasteiger partial charge in [-0.05, 0) is 89.1 Å². The maximum Gasteiger partial charge on any atom is 0.257 e. The van der Waals surface area contributed by atoms with E-state index >= 15 is 0 Å². The van der Waals surface area contributed by atoms with E-state index in [0.717, 1.165) is 17.8 Å². The van der Waals surface area contributed by atoms with Crippen molar-refractivity contribution in [3.05, 3.63) is 113 Å². The number of benzene rings is 4. The molecule has 36 heavy (non-hydrogen) atoms. The van der Waals surface area contributed by atoms with Gasteiger partial charge in [0.1, 0.15) is 5.75 Å². The van der Waals surface area contributed by atoms with Gasteiger partial charge < -0.3 is 20.7 Å². The van der Waals surface area contributed by atoms with E-state index in [0.29, 0.717) is 39.3 Å². The van der Waals surface area contributed by atoms with Crippen molar-refractivity contribution in [2.24, 2.45) is 0 Å². The van der Waals surface area contributed by atoms with Crippen LogP contribution in [0.4, 0.5) is 22.7 Å². The van der Waals surface area contributed by atoms with Gasteiger partial charge in [0.2, 0.25) is 0 Å². The number of halogens is 1. The Hall–Kier alpha value is -4.10. The summed E-state index contributed by atoms with van der Waals surface area (Å²) in [7, 11) is 0. The third-order valence-electron chi connectivity index (χ3n) is 5.28. The van der Waals surface area contributed by atoms with Gasteiger partial charge in [0.05, 0.1) is 22.3 Å². The summed E-state index contributed by atoms with van der Waals surface area (Å²) in [5.41, 5.74) is 3.76. The quantitative estimate of drug-likeness (QED) is 0.204. The van der Waals surface area contributed by atoms with Crippen LogP contribution in [-0.2, 0) is 0 Å². The van der Waals surface area contributed by atoms with Crippen LogP contribution in [0.2, 0.25) is 0 Å². The number of nitrogens with one attached hydrogen (secondary N) is 3. The van der Waals surface area contributed by atoms with Crippen molar-refractivity contribution >= 4 is 50.5 Å². The lowest BCUT2D eigenvalue weighted by atomic mass is 10.1. The zero-order chi connectivity index (χ0) is 25.3. The number of ether oxygens (including phenoxy) is 1. The van der Waals surface area contributed by atoms with Gasteiger partial charge in [0.15, 0.2) is 0 Å². The van der Waals surface area contributed by atoms with Gasteiger partial charge in [-0.1, -0.05) is 37.3 Å². The highest BCUT2D eigenvalue weighted by Crippen LogP contribution is 2.27. The minimum absolute atomic E-state index is 0.320. The molecule has 3 N–H and O–H groups in total. The molecule has 0 radical (unpaired) electrons. The van der Waals surface area contributed by atoms with Gasteiger partial charge in [0, 0.05) is 22.6 Å². The predicted octanol–water partition coefficient (Wildman–Crippen LogP) is 7.49. The Morgan fingerprint density at radius 1 is 0.750 bits per heavy atom. The summed E-state index contributed by atoms with van der Waals surface area (Å²) >= 11 is 3.46. The Balaban J connectivity index is 1.43. The van der Waals surface area contributed by atoms with E-state index in [-0.39, 0.29) is 11.8 Å². The Morgan fingerprint density at radius 2 is 1.42 bits per heavy atom. The zero-order valence-corrected chi connectivity index (χ0v) is 21.3. The molecule has 0 spiro atoms. The number of hydrogen-bond donors (Lipinski definition) is 3. The summed E-state index contributed by atoms with van der Waals surface area (Å²) in [6.07, 6.45) is 0.891. The number of carbonyl (C=O) groups is 2. The molecule has 2 amide bonds. The Labute approximate surface area is 218 Å². The summed E-state index contributed by atoms with van der Waals surface area (Å²) in [5.74, 6) is 0.0339. The van der Waals surface area contributed by atoms with Crippen LogP contribution in [0.3, 0.4) is 0 Å². The summed E-state index contributed by atoms with van der Waals surface area (Å²) in [5, 5.41) is 9.05. The summed E-state index contributed by atoms with van der Waals surface area (Å²) in [6, 6.07) is 29.3. The first kappa shape index (κ1) is 25.0. The summed E-state index contributed by atoms with van der Waals surface area (Å²) in [6.45, 7) is 2.63. The second kappa shape index (κ2) is 12.0.